The number of rotatable bonds is 5. The summed E-state index contributed by atoms with van der Waals surface area (Å²) in [5.74, 6) is 1.11. The van der Waals surface area contributed by atoms with Crippen LogP contribution in [0.2, 0.25) is 0 Å². The molecule has 0 spiro atoms. The molecule has 3 rings (SSSR count). The number of carbonyl (C=O) groups excluding carboxylic acids is 1. The van der Waals surface area contributed by atoms with Crippen molar-refractivity contribution in [1.82, 2.24) is 0 Å². The fourth-order valence-electron chi connectivity index (χ4n) is 2.79. The number of carbonyl (C=O) groups is 1. The van der Waals surface area contributed by atoms with E-state index in [1.807, 2.05) is 45.3 Å². The summed E-state index contributed by atoms with van der Waals surface area (Å²) in [6, 6.07) is 10.4. The highest BCUT2D eigenvalue weighted by molar-refractivity contribution is 6.14. The van der Waals surface area contributed by atoms with Gasteiger partial charge in [0.05, 0.1) is 26.3 Å². The maximum Gasteiger partial charge on any atom is 0.231 e. The third-order valence-corrected chi connectivity index (χ3v) is 3.92. The van der Waals surface area contributed by atoms with Gasteiger partial charge in [-0.25, -0.2) is 0 Å². The third-order valence-electron chi connectivity index (χ3n) is 3.92. The molecule has 0 aromatic heterocycles. The van der Waals surface area contributed by atoms with Gasteiger partial charge in [0, 0.05) is 5.56 Å². The molecule has 130 valence electrons. The number of Topliss-reactive ketones (excluding diaryl/α,β-unsaturated/α-hetero) is 1. The first-order valence-corrected chi connectivity index (χ1v) is 8.28. The minimum absolute atomic E-state index is 0.102. The van der Waals surface area contributed by atoms with Crippen molar-refractivity contribution in [2.24, 2.45) is 0 Å². The second-order valence-corrected chi connectivity index (χ2v) is 6.24. The minimum atomic E-state index is -0.195. The van der Waals surface area contributed by atoms with Gasteiger partial charge in [-0.2, -0.15) is 0 Å². The van der Waals surface area contributed by atoms with Crippen LogP contribution in [-0.4, -0.2) is 26.5 Å². The highest BCUT2D eigenvalue weighted by atomic mass is 16.5. The lowest BCUT2D eigenvalue weighted by Gasteiger charge is -2.17. The van der Waals surface area contributed by atoms with Crippen molar-refractivity contribution < 1.29 is 24.3 Å². The number of ether oxygens (including phenoxy) is 2. The molecule has 0 aliphatic carbocycles. The highest BCUT2D eigenvalue weighted by Crippen LogP contribution is 2.38. The van der Waals surface area contributed by atoms with Gasteiger partial charge in [0.2, 0.25) is 5.78 Å². The fourth-order valence-corrected chi connectivity index (χ4v) is 2.79. The van der Waals surface area contributed by atoms with Gasteiger partial charge in [-0.1, -0.05) is 23.9 Å². The van der Waals surface area contributed by atoms with E-state index in [4.69, 9.17) is 9.47 Å². The topological polar surface area (TPSA) is 63.0 Å². The minimum Gasteiger partial charge on any atom is -0.872 e. The zero-order valence-electron chi connectivity index (χ0n) is 14.6. The summed E-state index contributed by atoms with van der Waals surface area (Å²) in [4.78, 5) is 13.7. The zero-order chi connectivity index (χ0) is 18.0. The number of quaternary nitrogens is 1. The second-order valence-electron chi connectivity index (χ2n) is 6.24. The van der Waals surface area contributed by atoms with Gasteiger partial charge in [-0.05, 0) is 36.8 Å². The Morgan fingerprint density at radius 1 is 1.16 bits per heavy atom. The number of fused-ring (bicyclic) bond motifs is 1. The summed E-state index contributed by atoms with van der Waals surface area (Å²) >= 11 is 0. The first-order chi connectivity index (χ1) is 12.0. The van der Waals surface area contributed by atoms with Crippen LogP contribution in [0.3, 0.4) is 0 Å². The molecular formula is C20H21NO4. The Morgan fingerprint density at radius 3 is 2.52 bits per heavy atom. The van der Waals surface area contributed by atoms with Gasteiger partial charge in [0.1, 0.15) is 18.0 Å². The van der Waals surface area contributed by atoms with E-state index in [2.05, 4.69) is 0 Å². The van der Waals surface area contributed by atoms with Crippen molar-refractivity contribution in [3.05, 3.63) is 58.8 Å². The molecular weight excluding hydrogens is 318 g/mol. The molecule has 0 saturated heterocycles. The Morgan fingerprint density at radius 2 is 1.88 bits per heavy atom. The van der Waals surface area contributed by atoms with Crippen LogP contribution in [-0.2, 0) is 6.54 Å². The monoisotopic (exact) mass is 339 g/mol. The van der Waals surface area contributed by atoms with E-state index in [1.54, 1.807) is 12.1 Å². The molecule has 1 aliphatic rings. The number of ketones is 1. The molecule has 1 N–H and O–H groups in total. The molecule has 2 aromatic carbocycles. The maximum absolute atomic E-state index is 12.6. The van der Waals surface area contributed by atoms with E-state index in [0.29, 0.717) is 30.0 Å². The maximum atomic E-state index is 12.6. The number of nitrogens with one attached hydrogen (secondary N) is 1. The van der Waals surface area contributed by atoms with Gasteiger partial charge >= 0.3 is 0 Å². The van der Waals surface area contributed by atoms with Crippen molar-refractivity contribution >= 4 is 11.9 Å². The van der Waals surface area contributed by atoms with Crippen LogP contribution in [0.15, 0.2) is 42.2 Å². The molecule has 5 heteroatoms. The number of benzene rings is 2. The average molecular weight is 339 g/mol. The molecule has 0 bridgehead atoms. The lowest BCUT2D eigenvalue weighted by Crippen LogP contribution is -3.04. The number of hydrogen-bond acceptors (Lipinski definition) is 4. The number of allylic oxidation sites excluding steroid dienone is 1. The van der Waals surface area contributed by atoms with Crippen LogP contribution in [0.5, 0.6) is 17.2 Å². The smallest absolute Gasteiger partial charge is 0.231 e. The standard InChI is InChI=1S/C20H21NO4/c1-4-24-14-7-5-13(6-8-14)11-18-19(23)15-9-10-17(22)16(12-21(2)3)20(15)25-18/h5-11,22H,4,12H2,1-3H3. The summed E-state index contributed by atoms with van der Waals surface area (Å²) in [5.41, 5.74) is 1.83. The molecule has 0 atom stereocenters. The predicted octanol–water partition coefficient (Wildman–Crippen LogP) is 1.42. The lowest BCUT2D eigenvalue weighted by atomic mass is 10.0. The summed E-state index contributed by atoms with van der Waals surface area (Å²) in [5, 5.41) is 12.1. The zero-order valence-corrected chi connectivity index (χ0v) is 14.6. The van der Waals surface area contributed by atoms with Crippen LogP contribution < -0.4 is 19.5 Å². The first kappa shape index (κ1) is 17.0. The van der Waals surface area contributed by atoms with E-state index in [9.17, 15) is 9.90 Å². The van der Waals surface area contributed by atoms with Crippen LogP contribution in [0.4, 0.5) is 0 Å². The Bertz CT molecular complexity index is 822. The lowest BCUT2D eigenvalue weighted by molar-refractivity contribution is -0.872. The molecule has 0 unspecified atom stereocenters. The van der Waals surface area contributed by atoms with Crippen molar-refractivity contribution in [2.75, 3.05) is 20.7 Å². The van der Waals surface area contributed by atoms with E-state index in [1.165, 1.54) is 6.07 Å². The normalized spacial score (nSPS) is 14.7. The number of hydrogen-bond donors (Lipinski definition) is 1. The van der Waals surface area contributed by atoms with Crippen molar-refractivity contribution in [1.29, 1.82) is 0 Å². The van der Waals surface area contributed by atoms with Crippen LogP contribution in [0, 0.1) is 0 Å². The van der Waals surface area contributed by atoms with Gasteiger partial charge in [0.25, 0.3) is 0 Å². The van der Waals surface area contributed by atoms with Crippen molar-refractivity contribution in [3.63, 3.8) is 0 Å². The van der Waals surface area contributed by atoms with Gasteiger partial charge < -0.3 is 19.5 Å². The molecule has 0 saturated carbocycles. The fraction of sp³-hybridized carbons (Fsp3) is 0.250. The quantitative estimate of drug-likeness (QED) is 0.837. The van der Waals surface area contributed by atoms with Crippen LogP contribution >= 0.6 is 0 Å². The molecule has 25 heavy (non-hydrogen) atoms. The predicted molar refractivity (Wildman–Crippen MR) is 92.9 cm³/mol. The second kappa shape index (κ2) is 6.99. The molecule has 5 nitrogen and oxygen atoms in total. The Balaban J connectivity index is 1.91. The molecule has 2 aromatic rings. The first-order valence-electron chi connectivity index (χ1n) is 8.28. The molecule has 0 radical (unpaired) electrons. The molecule has 1 heterocycles. The summed E-state index contributed by atoms with van der Waals surface area (Å²) in [6.45, 7) is 3.03. The summed E-state index contributed by atoms with van der Waals surface area (Å²) in [6.07, 6.45) is 1.69. The molecule has 1 aliphatic heterocycles. The summed E-state index contributed by atoms with van der Waals surface area (Å²) in [7, 11) is 3.90. The van der Waals surface area contributed by atoms with Gasteiger partial charge in [-0.3, -0.25) is 4.79 Å². The SMILES string of the molecule is CCOc1ccc(C=C2Oc3c(ccc([O-])c3C[NH+](C)C)C2=O)cc1. The Hall–Kier alpha value is -2.79. The largest absolute Gasteiger partial charge is 0.872 e. The third kappa shape index (κ3) is 3.51. The van der Waals surface area contributed by atoms with Crippen molar-refractivity contribution in [3.8, 4) is 17.2 Å². The molecule has 0 fully saturated rings. The Labute approximate surface area is 147 Å². The van der Waals surface area contributed by atoms with Crippen LogP contribution in [0.1, 0.15) is 28.4 Å². The van der Waals surface area contributed by atoms with Gasteiger partial charge in [-0.15, -0.1) is 0 Å². The Kier molecular flexibility index (Phi) is 4.76. The highest BCUT2D eigenvalue weighted by Gasteiger charge is 2.30. The van der Waals surface area contributed by atoms with Gasteiger partial charge in [0.15, 0.2) is 5.76 Å². The van der Waals surface area contributed by atoms with E-state index in [0.717, 1.165) is 16.2 Å². The summed E-state index contributed by atoms with van der Waals surface area (Å²) < 4.78 is 11.2. The molecule has 0 amide bonds. The van der Waals surface area contributed by atoms with Crippen molar-refractivity contribution in [2.45, 2.75) is 13.5 Å². The van der Waals surface area contributed by atoms with E-state index >= 15 is 0 Å². The average Bonchev–Trinajstić information content (AvgIpc) is 2.88. The van der Waals surface area contributed by atoms with E-state index in [-0.39, 0.29) is 17.3 Å². The van der Waals surface area contributed by atoms with E-state index < -0.39 is 0 Å². The van der Waals surface area contributed by atoms with Crippen LogP contribution in [0.25, 0.3) is 6.08 Å².